The van der Waals surface area contributed by atoms with Gasteiger partial charge in [0.1, 0.15) is 12.0 Å². The second-order valence-electron chi connectivity index (χ2n) is 6.09. The summed E-state index contributed by atoms with van der Waals surface area (Å²) in [6.45, 7) is 0. The van der Waals surface area contributed by atoms with Gasteiger partial charge in [0.15, 0.2) is 11.5 Å². The minimum absolute atomic E-state index is 0.0651. The van der Waals surface area contributed by atoms with Crippen molar-refractivity contribution in [3.8, 4) is 17.2 Å². The number of benzene rings is 2. The molecule has 0 spiro atoms. The van der Waals surface area contributed by atoms with Crippen LogP contribution in [0, 0.1) is 0 Å². The first kappa shape index (κ1) is 19.3. The highest BCUT2D eigenvalue weighted by atomic mass is 16.5. The number of oxazole rings is 1. The summed E-state index contributed by atoms with van der Waals surface area (Å²) in [5.74, 6) is -0.0490. The number of carbonyl (C=O) groups is 2. The molecule has 2 N–H and O–H groups in total. The van der Waals surface area contributed by atoms with Gasteiger partial charge in [-0.2, -0.15) is 0 Å². The van der Waals surface area contributed by atoms with Gasteiger partial charge >= 0.3 is 5.97 Å². The number of rotatable bonds is 7. The van der Waals surface area contributed by atoms with Crippen LogP contribution < -0.4 is 10.5 Å². The number of nitrogens with two attached hydrogens (primary N) is 1. The van der Waals surface area contributed by atoms with E-state index in [1.54, 1.807) is 18.2 Å². The second kappa shape index (κ2) is 8.49. The van der Waals surface area contributed by atoms with E-state index in [2.05, 4.69) is 9.72 Å². The SMILES string of the molecule is COC(=O)c1coc(-c2ccc(C(N)C(=O)Cc3ccccc3)c(OC)c2)n1. The highest BCUT2D eigenvalue weighted by Crippen LogP contribution is 2.30. The number of ether oxygens (including phenoxy) is 2. The van der Waals surface area contributed by atoms with Crippen molar-refractivity contribution in [1.82, 2.24) is 4.98 Å². The Morgan fingerprint density at radius 1 is 1.14 bits per heavy atom. The third kappa shape index (κ3) is 4.10. The molecule has 0 fully saturated rings. The number of esters is 1. The summed E-state index contributed by atoms with van der Waals surface area (Å²) in [6.07, 6.45) is 1.45. The third-order valence-electron chi connectivity index (χ3n) is 4.28. The molecular weight excluding hydrogens is 360 g/mol. The number of hydrogen-bond donors (Lipinski definition) is 1. The Kier molecular flexibility index (Phi) is 5.86. The van der Waals surface area contributed by atoms with Crippen molar-refractivity contribution in [3.63, 3.8) is 0 Å². The summed E-state index contributed by atoms with van der Waals surface area (Å²) in [6, 6.07) is 13.6. The molecule has 2 aromatic carbocycles. The number of aromatic nitrogens is 1. The molecule has 7 heteroatoms. The number of hydrogen-bond acceptors (Lipinski definition) is 7. The molecule has 1 atom stereocenters. The van der Waals surface area contributed by atoms with Crippen molar-refractivity contribution in [1.29, 1.82) is 0 Å². The van der Waals surface area contributed by atoms with Crippen molar-refractivity contribution < 1.29 is 23.5 Å². The van der Waals surface area contributed by atoms with Crippen LogP contribution in [0.5, 0.6) is 5.75 Å². The fraction of sp³-hybridized carbons (Fsp3) is 0.190. The fourth-order valence-corrected chi connectivity index (χ4v) is 2.79. The molecule has 0 bridgehead atoms. The van der Waals surface area contributed by atoms with E-state index in [0.717, 1.165) is 5.56 Å². The highest BCUT2D eigenvalue weighted by molar-refractivity contribution is 5.88. The summed E-state index contributed by atoms with van der Waals surface area (Å²) < 4.78 is 15.4. The van der Waals surface area contributed by atoms with Crippen LogP contribution in [0.2, 0.25) is 0 Å². The molecule has 1 heterocycles. The molecule has 3 rings (SSSR count). The largest absolute Gasteiger partial charge is 0.496 e. The van der Waals surface area contributed by atoms with E-state index in [0.29, 0.717) is 16.9 Å². The molecule has 0 aliphatic rings. The van der Waals surface area contributed by atoms with Crippen LogP contribution in [0.15, 0.2) is 59.2 Å². The van der Waals surface area contributed by atoms with E-state index < -0.39 is 12.0 Å². The molecule has 0 radical (unpaired) electrons. The number of nitrogens with zero attached hydrogens (tertiary/aromatic N) is 1. The first-order valence-electron chi connectivity index (χ1n) is 8.58. The zero-order valence-electron chi connectivity index (χ0n) is 15.5. The normalized spacial score (nSPS) is 11.7. The standard InChI is InChI=1S/C21H20N2O5/c1-26-18-11-14(20-23-16(12-28-20)21(25)27-2)8-9-15(18)19(22)17(24)10-13-6-4-3-5-7-13/h3-9,11-12,19H,10,22H2,1-2H3. The Labute approximate surface area is 162 Å². The predicted octanol–water partition coefficient (Wildman–Crippen LogP) is 2.95. The van der Waals surface area contributed by atoms with Gasteiger partial charge in [0.05, 0.1) is 20.3 Å². The van der Waals surface area contributed by atoms with Crippen LogP contribution >= 0.6 is 0 Å². The monoisotopic (exact) mass is 380 g/mol. The smallest absolute Gasteiger partial charge is 0.360 e. The number of ketones is 1. The molecule has 28 heavy (non-hydrogen) atoms. The fourth-order valence-electron chi connectivity index (χ4n) is 2.79. The molecule has 0 amide bonds. The molecule has 144 valence electrons. The lowest BCUT2D eigenvalue weighted by atomic mass is 9.96. The van der Waals surface area contributed by atoms with Crippen LogP contribution in [0.4, 0.5) is 0 Å². The van der Waals surface area contributed by atoms with E-state index >= 15 is 0 Å². The Balaban J connectivity index is 1.83. The van der Waals surface area contributed by atoms with Crippen molar-refractivity contribution in [2.75, 3.05) is 14.2 Å². The predicted molar refractivity (Wildman–Crippen MR) is 102 cm³/mol. The average Bonchev–Trinajstić information content (AvgIpc) is 3.23. The van der Waals surface area contributed by atoms with Gasteiger partial charge in [-0.05, 0) is 17.7 Å². The zero-order valence-corrected chi connectivity index (χ0v) is 15.5. The Morgan fingerprint density at radius 3 is 2.57 bits per heavy atom. The second-order valence-corrected chi connectivity index (χ2v) is 6.09. The van der Waals surface area contributed by atoms with Gasteiger partial charge in [0.2, 0.25) is 5.89 Å². The first-order valence-corrected chi connectivity index (χ1v) is 8.58. The summed E-state index contributed by atoms with van der Waals surface area (Å²) in [5.41, 5.74) is 8.29. The van der Waals surface area contributed by atoms with E-state index in [1.165, 1.54) is 20.5 Å². The lowest BCUT2D eigenvalue weighted by Gasteiger charge is -2.15. The van der Waals surface area contributed by atoms with Crippen molar-refractivity contribution >= 4 is 11.8 Å². The summed E-state index contributed by atoms with van der Waals surface area (Å²) in [5, 5.41) is 0. The van der Waals surface area contributed by atoms with Crippen LogP contribution in [-0.4, -0.2) is 31.0 Å². The maximum absolute atomic E-state index is 12.6. The Hall–Kier alpha value is -3.45. The minimum Gasteiger partial charge on any atom is -0.496 e. The van der Waals surface area contributed by atoms with Gasteiger partial charge in [-0.3, -0.25) is 4.79 Å². The molecule has 0 aliphatic carbocycles. The summed E-state index contributed by atoms with van der Waals surface area (Å²) in [4.78, 5) is 28.2. The maximum atomic E-state index is 12.6. The number of Topliss-reactive ketones (excluding diaryl/α,β-unsaturated/α-hetero) is 1. The van der Waals surface area contributed by atoms with E-state index in [-0.39, 0.29) is 23.8 Å². The van der Waals surface area contributed by atoms with E-state index in [4.69, 9.17) is 14.9 Å². The summed E-state index contributed by atoms with van der Waals surface area (Å²) in [7, 11) is 2.76. The molecule has 0 saturated heterocycles. The summed E-state index contributed by atoms with van der Waals surface area (Å²) >= 11 is 0. The maximum Gasteiger partial charge on any atom is 0.360 e. The molecule has 0 aliphatic heterocycles. The Morgan fingerprint density at radius 2 is 1.89 bits per heavy atom. The van der Waals surface area contributed by atoms with Crippen LogP contribution in [0.3, 0.4) is 0 Å². The van der Waals surface area contributed by atoms with Crippen molar-refractivity contribution in [3.05, 3.63) is 71.6 Å². The third-order valence-corrected chi connectivity index (χ3v) is 4.28. The lowest BCUT2D eigenvalue weighted by Crippen LogP contribution is -2.23. The molecule has 7 nitrogen and oxygen atoms in total. The Bertz CT molecular complexity index is 981. The van der Waals surface area contributed by atoms with Crippen molar-refractivity contribution in [2.24, 2.45) is 5.73 Å². The molecule has 1 aromatic heterocycles. The molecular formula is C21H20N2O5. The lowest BCUT2D eigenvalue weighted by molar-refractivity contribution is -0.119. The van der Waals surface area contributed by atoms with Crippen LogP contribution in [-0.2, 0) is 16.0 Å². The van der Waals surface area contributed by atoms with Gasteiger partial charge in [0, 0.05) is 17.5 Å². The zero-order chi connectivity index (χ0) is 20.1. The highest BCUT2D eigenvalue weighted by Gasteiger charge is 2.21. The van der Waals surface area contributed by atoms with Gasteiger partial charge in [-0.15, -0.1) is 0 Å². The number of methoxy groups -OCH3 is 2. The van der Waals surface area contributed by atoms with Crippen LogP contribution in [0.25, 0.3) is 11.5 Å². The first-order chi connectivity index (χ1) is 13.5. The van der Waals surface area contributed by atoms with Gasteiger partial charge in [-0.25, -0.2) is 9.78 Å². The van der Waals surface area contributed by atoms with E-state index in [1.807, 2.05) is 30.3 Å². The van der Waals surface area contributed by atoms with Crippen LogP contribution in [0.1, 0.15) is 27.7 Å². The molecule has 1 unspecified atom stereocenters. The quantitative estimate of drug-likeness (QED) is 0.628. The molecule has 0 saturated carbocycles. The van der Waals surface area contributed by atoms with Gasteiger partial charge in [0.25, 0.3) is 0 Å². The minimum atomic E-state index is -0.834. The topological polar surface area (TPSA) is 105 Å². The van der Waals surface area contributed by atoms with Gasteiger partial charge in [-0.1, -0.05) is 36.4 Å². The number of carbonyl (C=O) groups excluding carboxylic acids is 2. The molecule has 3 aromatic rings. The average molecular weight is 380 g/mol. The van der Waals surface area contributed by atoms with Gasteiger partial charge < -0.3 is 19.6 Å². The van der Waals surface area contributed by atoms with Crippen molar-refractivity contribution in [2.45, 2.75) is 12.5 Å². The van der Waals surface area contributed by atoms with E-state index in [9.17, 15) is 9.59 Å².